The van der Waals surface area contributed by atoms with Crippen LogP contribution in [0.5, 0.6) is 0 Å². The van der Waals surface area contributed by atoms with Crippen molar-refractivity contribution in [2.24, 2.45) is 0 Å². The first kappa shape index (κ1) is 20.5. The van der Waals surface area contributed by atoms with Crippen molar-refractivity contribution in [3.63, 3.8) is 0 Å². The largest absolute Gasteiger partial charge is 0.325 e. The van der Waals surface area contributed by atoms with E-state index in [-0.39, 0.29) is 11.2 Å². The van der Waals surface area contributed by atoms with E-state index in [0.29, 0.717) is 0 Å². The number of carbonyl (C=O) groups is 1. The standard InChI is InChI=1S/C23H29N3OS/c1-4-5-6-9-16-26-21-11-8-7-10-20(21)25-23(26)28-18(3)22(27)24-19-14-12-17(2)13-15-19/h7-8,10-15,18H,4-6,9,16H2,1-3H3,(H,24,27)/t18-/m1/s1. The molecule has 28 heavy (non-hydrogen) atoms. The van der Waals surface area contributed by atoms with Gasteiger partial charge in [0, 0.05) is 12.2 Å². The summed E-state index contributed by atoms with van der Waals surface area (Å²) in [6.45, 7) is 7.14. The Hall–Kier alpha value is -2.27. The number of aryl methyl sites for hydroxylation is 2. The van der Waals surface area contributed by atoms with E-state index >= 15 is 0 Å². The molecule has 2 aromatic carbocycles. The van der Waals surface area contributed by atoms with Crippen molar-refractivity contribution in [3.8, 4) is 0 Å². The molecule has 1 heterocycles. The number of nitrogens with one attached hydrogen (secondary N) is 1. The van der Waals surface area contributed by atoms with Gasteiger partial charge in [-0.3, -0.25) is 4.79 Å². The van der Waals surface area contributed by atoms with Crippen LogP contribution in [0.15, 0.2) is 53.7 Å². The molecule has 1 amide bonds. The Morgan fingerprint density at radius 3 is 2.61 bits per heavy atom. The van der Waals surface area contributed by atoms with Gasteiger partial charge in [-0.05, 0) is 44.5 Å². The zero-order valence-corrected chi connectivity index (χ0v) is 17.8. The number of amides is 1. The zero-order valence-electron chi connectivity index (χ0n) is 16.9. The maximum atomic E-state index is 12.7. The maximum Gasteiger partial charge on any atom is 0.237 e. The second-order valence-electron chi connectivity index (χ2n) is 7.21. The van der Waals surface area contributed by atoms with Crippen LogP contribution in [0.25, 0.3) is 11.0 Å². The third kappa shape index (κ3) is 5.16. The number of unbranched alkanes of at least 4 members (excludes halogenated alkanes) is 3. The molecule has 0 saturated heterocycles. The quantitative estimate of drug-likeness (QED) is 0.355. The van der Waals surface area contributed by atoms with Crippen molar-refractivity contribution in [1.82, 2.24) is 9.55 Å². The van der Waals surface area contributed by atoms with E-state index in [1.165, 1.54) is 36.6 Å². The molecular formula is C23H29N3OS. The number of rotatable bonds is 9. The van der Waals surface area contributed by atoms with E-state index in [1.807, 2.05) is 50.2 Å². The Labute approximate surface area is 171 Å². The van der Waals surface area contributed by atoms with E-state index in [2.05, 4.69) is 28.9 Å². The highest BCUT2D eigenvalue weighted by molar-refractivity contribution is 8.00. The summed E-state index contributed by atoms with van der Waals surface area (Å²) in [4.78, 5) is 17.5. The number of benzene rings is 2. The summed E-state index contributed by atoms with van der Waals surface area (Å²) < 4.78 is 2.27. The lowest BCUT2D eigenvalue weighted by Gasteiger charge is -2.14. The molecule has 0 aliphatic carbocycles. The predicted octanol–water partition coefficient (Wildman–Crippen LogP) is 6.04. The summed E-state index contributed by atoms with van der Waals surface area (Å²) >= 11 is 1.53. The van der Waals surface area contributed by atoms with E-state index in [9.17, 15) is 4.79 Å². The lowest BCUT2D eigenvalue weighted by atomic mass is 10.2. The molecule has 0 fully saturated rings. The number of carbonyl (C=O) groups excluding carboxylic acids is 1. The third-order valence-corrected chi connectivity index (χ3v) is 5.92. The summed E-state index contributed by atoms with van der Waals surface area (Å²) in [5.41, 5.74) is 4.15. The Morgan fingerprint density at radius 1 is 1.11 bits per heavy atom. The molecule has 1 aromatic heterocycles. The maximum absolute atomic E-state index is 12.7. The van der Waals surface area contributed by atoms with E-state index in [4.69, 9.17) is 4.98 Å². The van der Waals surface area contributed by atoms with Gasteiger partial charge in [-0.25, -0.2) is 4.98 Å². The summed E-state index contributed by atoms with van der Waals surface area (Å²) in [5, 5.41) is 3.70. The molecule has 0 unspecified atom stereocenters. The van der Waals surface area contributed by atoms with Crippen molar-refractivity contribution in [3.05, 3.63) is 54.1 Å². The van der Waals surface area contributed by atoms with Gasteiger partial charge in [-0.1, -0.05) is 67.8 Å². The lowest BCUT2D eigenvalue weighted by Crippen LogP contribution is -2.23. The average Bonchev–Trinajstić information content (AvgIpc) is 3.04. The van der Waals surface area contributed by atoms with Gasteiger partial charge in [0.05, 0.1) is 16.3 Å². The van der Waals surface area contributed by atoms with Crippen LogP contribution in [0.4, 0.5) is 5.69 Å². The van der Waals surface area contributed by atoms with Crippen LogP contribution in [-0.2, 0) is 11.3 Å². The highest BCUT2D eigenvalue weighted by Gasteiger charge is 2.19. The highest BCUT2D eigenvalue weighted by Crippen LogP contribution is 2.28. The van der Waals surface area contributed by atoms with E-state index < -0.39 is 0 Å². The molecular weight excluding hydrogens is 366 g/mol. The van der Waals surface area contributed by atoms with Crippen molar-refractivity contribution in [2.45, 2.75) is 63.4 Å². The van der Waals surface area contributed by atoms with Crippen molar-refractivity contribution >= 4 is 34.4 Å². The number of thioether (sulfide) groups is 1. The fourth-order valence-corrected chi connectivity index (χ4v) is 4.10. The predicted molar refractivity (Wildman–Crippen MR) is 119 cm³/mol. The average molecular weight is 396 g/mol. The molecule has 5 heteroatoms. The summed E-state index contributed by atoms with van der Waals surface area (Å²) in [7, 11) is 0. The second kappa shape index (κ2) is 9.78. The van der Waals surface area contributed by atoms with Gasteiger partial charge in [0.25, 0.3) is 0 Å². The van der Waals surface area contributed by atoms with Crippen LogP contribution in [-0.4, -0.2) is 20.7 Å². The molecule has 0 aliphatic rings. The number of para-hydroxylation sites is 2. The van der Waals surface area contributed by atoms with Crippen LogP contribution in [0.3, 0.4) is 0 Å². The Balaban J connectivity index is 1.72. The molecule has 3 aromatic rings. The molecule has 4 nitrogen and oxygen atoms in total. The van der Waals surface area contributed by atoms with E-state index in [0.717, 1.165) is 34.8 Å². The molecule has 3 rings (SSSR count). The number of hydrogen-bond donors (Lipinski definition) is 1. The normalized spacial score (nSPS) is 12.2. The van der Waals surface area contributed by atoms with E-state index in [1.54, 1.807) is 0 Å². The zero-order chi connectivity index (χ0) is 19.9. The van der Waals surface area contributed by atoms with Gasteiger partial charge in [0.15, 0.2) is 5.16 Å². The number of fused-ring (bicyclic) bond motifs is 1. The first-order chi connectivity index (χ1) is 13.6. The lowest BCUT2D eigenvalue weighted by molar-refractivity contribution is -0.115. The molecule has 0 aliphatic heterocycles. The Kier molecular flexibility index (Phi) is 7.15. The summed E-state index contributed by atoms with van der Waals surface area (Å²) in [6.07, 6.45) is 4.83. The van der Waals surface area contributed by atoms with Gasteiger partial charge < -0.3 is 9.88 Å². The van der Waals surface area contributed by atoms with Gasteiger partial charge in [-0.15, -0.1) is 0 Å². The van der Waals surface area contributed by atoms with Crippen LogP contribution < -0.4 is 5.32 Å². The molecule has 0 bridgehead atoms. The topological polar surface area (TPSA) is 46.9 Å². The van der Waals surface area contributed by atoms with Gasteiger partial charge in [0.1, 0.15) is 0 Å². The number of anilines is 1. The SMILES string of the molecule is CCCCCCn1c(S[C@H](C)C(=O)Nc2ccc(C)cc2)nc2ccccc21. The van der Waals surface area contributed by atoms with Crippen molar-refractivity contribution in [2.75, 3.05) is 5.32 Å². The molecule has 0 saturated carbocycles. The molecule has 0 radical (unpaired) electrons. The fourth-order valence-electron chi connectivity index (χ4n) is 3.15. The van der Waals surface area contributed by atoms with Gasteiger partial charge in [-0.2, -0.15) is 0 Å². The van der Waals surface area contributed by atoms with Crippen molar-refractivity contribution in [1.29, 1.82) is 0 Å². The third-order valence-electron chi connectivity index (χ3n) is 4.83. The molecule has 1 atom stereocenters. The summed E-state index contributed by atoms with van der Waals surface area (Å²) in [6, 6.07) is 16.1. The number of imidazole rings is 1. The minimum Gasteiger partial charge on any atom is -0.325 e. The monoisotopic (exact) mass is 395 g/mol. The van der Waals surface area contributed by atoms with Gasteiger partial charge >= 0.3 is 0 Å². The number of hydrogen-bond acceptors (Lipinski definition) is 3. The summed E-state index contributed by atoms with van der Waals surface area (Å²) in [5.74, 6) is -0.00144. The number of nitrogens with zero attached hydrogens (tertiary/aromatic N) is 2. The highest BCUT2D eigenvalue weighted by atomic mass is 32.2. The fraction of sp³-hybridized carbons (Fsp3) is 0.391. The van der Waals surface area contributed by atoms with Crippen LogP contribution >= 0.6 is 11.8 Å². The first-order valence-electron chi connectivity index (χ1n) is 10.1. The minimum absolute atomic E-state index is 0.00144. The van der Waals surface area contributed by atoms with Crippen LogP contribution in [0, 0.1) is 6.92 Å². The van der Waals surface area contributed by atoms with Crippen molar-refractivity contribution < 1.29 is 4.79 Å². The van der Waals surface area contributed by atoms with Crippen LogP contribution in [0.1, 0.15) is 45.1 Å². The van der Waals surface area contributed by atoms with Gasteiger partial charge in [0.2, 0.25) is 5.91 Å². The second-order valence-corrected chi connectivity index (χ2v) is 8.52. The Bertz CT molecular complexity index is 917. The minimum atomic E-state index is -0.229. The smallest absolute Gasteiger partial charge is 0.237 e. The molecule has 148 valence electrons. The first-order valence-corrected chi connectivity index (χ1v) is 11.0. The molecule has 0 spiro atoms. The van der Waals surface area contributed by atoms with Crippen LogP contribution in [0.2, 0.25) is 0 Å². The molecule has 1 N–H and O–H groups in total. The number of aromatic nitrogens is 2. The Morgan fingerprint density at radius 2 is 1.86 bits per heavy atom.